The van der Waals surface area contributed by atoms with Gasteiger partial charge in [-0.25, -0.2) is 0 Å². The van der Waals surface area contributed by atoms with Crippen molar-refractivity contribution in [3.05, 3.63) is 29.8 Å². The number of guanidine groups is 1. The zero-order chi connectivity index (χ0) is 13.8. The maximum atomic E-state index is 5.84. The maximum Gasteiger partial charge on any atom is 0.188 e. The van der Waals surface area contributed by atoms with Crippen LogP contribution in [-0.2, 0) is 6.42 Å². The number of fused-ring (bicyclic) bond motifs is 1. The van der Waals surface area contributed by atoms with Crippen molar-refractivity contribution in [2.24, 2.45) is 10.7 Å². The lowest BCUT2D eigenvalue weighted by Gasteiger charge is -2.26. The monoisotopic (exact) mass is 388 g/mol. The molecule has 0 saturated carbocycles. The average Bonchev–Trinajstić information content (AvgIpc) is 2.79. The number of halogens is 1. The summed E-state index contributed by atoms with van der Waals surface area (Å²) in [5.74, 6) is 0.536. The minimum Gasteiger partial charge on any atom is -0.370 e. The maximum absolute atomic E-state index is 5.84. The number of para-hydroxylation sites is 1. The summed E-state index contributed by atoms with van der Waals surface area (Å²) in [6.45, 7) is 8.12. The summed E-state index contributed by atoms with van der Waals surface area (Å²) in [6, 6.07) is 9.30. The first-order valence-corrected chi connectivity index (χ1v) is 6.99. The van der Waals surface area contributed by atoms with Gasteiger partial charge in [0, 0.05) is 24.3 Å². The van der Waals surface area contributed by atoms with Crippen LogP contribution in [0.3, 0.4) is 0 Å². The van der Waals surface area contributed by atoms with E-state index in [0.29, 0.717) is 18.0 Å². The Balaban J connectivity index is 0.00000200. The first kappa shape index (κ1) is 17.1. The Labute approximate surface area is 138 Å². The topological polar surface area (TPSA) is 53.6 Å². The van der Waals surface area contributed by atoms with Gasteiger partial charge in [0.2, 0.25) is 0 Å². The fraction of sp³-hybridized carbons (Fsp3) is 0.533. The van der Waals surface area contributed by atoms with Gasteiger partial charge >= 0.3 is 0 Å². The second-order valence-corrected chi connectivity index (χ2v) is 5.45. The molecule has 0 fully saturated rings. The van der Waals surface area contributed by atoms with Gasteiger partial charge in [-0.3, -0.25) is 4.99 Å². The Kier molecular flexibility index (Phi) is 6.58. The van der Waals surface area contributed by atoms with Crippen LogP contribution in [0.1, 0.15) is 26.3 Å². The number of benzene rings is 1. The first-order chi connectivity index (χ1) is 9.08. The molecule has 0 radical (unpaired) electrons. The predicted octanol–water partition coefficient (Wildman–Crippen LogP) is 2.37. The summed E-state index contributed by atoms with van der Waals surface area (Å²) in [5, 5.41) is 3.12. The summed E-state index contributed by atoms with van der Waals surface area (Å²) in [4.78, 5) is 6.84. The van der Waals surface area contributed by atoms with Gasteiger partial charge in [0.25, 0.3) is 0 Å². The van der Waals surface area contributed by atoms with Crippen LogP contribution in [0.2, 0.25) is 0 Å². The van der Waals surface area contributed by atoms with E-state index in [1.165, 1.54) is 11.3 Å². The number of rotatable bonds is 4. The lowest BCUT2D eigenvalue weighted by Crippen LogP contribution is -2.39. The Morgan fingerprint density at radius 3 is 2.75 bits per heavy atom. The molecule has 3 N–H and O–H groups in total. The standard InChI is InChI=1S/C15H24N4.HI/c1-11(2)18-15(16)17-10-12(3)19-9-8-13-6-4-5-7-14(13)19;/h4-7,11-12H,8-10H2,1-3H3,(H3,16,17,18);1H. The third kappa shape index (κ3) is 4.26. The van der Waals surface area contributed by atoms with Crippen molar-refractivity contribution in [1.29, 1.82) is 0 Å². The minimum atomic E-state index is 0. The van der Waals surface area contributed by atoms with E-state index in [2.05, 4.69) is 60.2 Å². The van der Waals surface area contributed by atoms with E-state index < -0.39 is 0 Å². The van der Waals surface area contributed by atoms with Gasteiger partial charge < -0.3 is 16.0 Å². The zero-order valence-electron chi connectivity index (χ0n) is 12.5. The summed E-state index contributed by atoms with van der Waals surface area (Å²) >= 11 is 0. The van der Waals surface area contributed by atoms with E-state index in [1.807, 2.05) is 0 Å². The van der Waals surface area contributed by atoms with E-state index >= 15 is 0 Å². The van der Waals surface area contributed by atoms with Crippen molar-refractivity contribution in [3.8, 4) is 0 Å². The van der Waals surface area contributed by atoms with Crippen LogP contribution >= 0.6 is 24.0 Å². The number of hydrogen-bond acceptors (Lipinski definition) is 2. The van der Waals surface area contributed by atoms with Crippen molar-refractivity contribution in [2.45, 2.75) is 39.3 Å². The summed E-state index contributed by atoms with van der Waals surface area (Å²) < 4.78 is 0. The van der Waals surface area contributed by atoms with Gasteiger partial charge in [0.05, 0.1) is 6.54 Å². The molecule has 1 atom stereocenters. The molecule has 112 valence electrons. The van der Waals surface area contributed by atoms with Crippen molar-refractivity contribution in [3.63, 3.8) is 0 Å². The molecule has 1 aromatic rings. The van der Waals surface area contributed by atoms with E-state index in [0.717, 1.165) is 19.5 Å². The molecule has 1 unspecified atom stereocenters. The van der Waals surface area contributed by atoms with E-state index in [4.69, 9.17) is 5.73 Å². The second-order valence-electron chi connectivity index (χ2n) is 5.45. The van der Waals surface area contributed by atoms with Crippen LogP contribution < -0.4 is 16.0 Å². The number of hydrogen-bond donors (Lipinski definition) is 2. The van der Waals surface area contributed by atoms with E-state index in [9.17, 15) is 0 Å². The minimum absolute atomic E-state index is 0. The lowest BCUT2D eigenvalue weighted by atomic mass is 10.2. The normalized spacial score (nSPS) is 15.8. The molecule has 20 heavy (non-hydrogen) atoms. The second kappa shape index (κ2) is 7.71. The molecule has 1 heterocycles. The van der Waals surface area contributed by atoms with Crippen molar-refractivity contribution < 1.29 is 0 Å². The molecule has 0 aliphatic carbocycles. The van der Waals surface area contributed by atoms with Gasteiger partial charge in [-0.05, 0) is 38.8 Å². The molecule has 0 saturated heterocycles. The van der Waals surface area contributed by atoms with E-state index in [-0.39, 0.29) is 24.0 Å². The quantitative estimate of drug-likeness (QED) is 0.473. The van der Waals surface area contributed by atoms with Gasteiger partial charge in [-0.15, -0.1) is 24.0 Å². The molecule has 0 amide bonds. The molecule has 1 aliphatic rings. The molecule has 0 bridgehead atoms. The third-order valence-corrected chi connectivity index (χ3v) is 3.42. The SMILES string of the molecule is CC(C)NC(N)=NCC(C)N1CCc2ccccc21.I. The highest BCUT2D eigenvalue weighted by molar-refractivity contribution is 14.0. The first-order valence-electron chi connectivity index (χ1n) is 6.99. The molecule has 4 nitrogen and oxygen atoms in total. The summed E-state index contributed by atoms with van der Waals surface area (Å²) in [7, 11) is 0. The smallest absolute Gasteiger partial charge is 0.188 e. The number of aliphatic imine (C=N–C) groups is 1. The summed E-state index contributed by atoms with van der Waals surface area (Å²) in [6.07, 6.45) is 1.13. The van der Waals surface area contributed by atoms with Gasteiger partial charge in [0.1, 0.15) is 0 Å². The molecule has 0 spiro atoms. The highest BCUT2D eigenvalue weighted by Gasteiger charge is 2.22. The molecule has 0 aromatic heterocycles. The van der Waals surface area contributed by atoms with Gasteiger partial charge in [-0.1, -0.05) is 18.2 Å². The molecule has 1 aliphatic heterocycles. The number of nitrogens with zero attached hydrogens (tertiary/aromatic N) is 2. The number of anilines is 1. The van der Waals surface area contributed by atoms with Crippen molar-refractivity contribution >= 4 is 35.6 Å². The van der Waals surface area contributed by atoms with Gasteiger partial charge in [0.15, 0.2) is 5.96 Å². The van der Waals surface area contributed by atoms with Crippen LogP contribution in [0.25, 0.3) is 0 Å². The van der Waals surface area contributed by atoms with E-state index in [1.54, 1.807) is 0 Å². The Hall–Kier alpha value is -0.980. The predicted molar refractivity (Wildman–Crippen MR) is 97.1 cm³/mol. The molecular formula is C15H25IN4. The molecule has 2 rings (SSSR count). The fourth-order valence-corrected chi connectivity index (χ4v) is 2.49. The van der Waals surface area contributed by atoms with Gasteiger partial charge in [-0.2, -0.15) is 0 Å². The van der Waals surface area contributed by atoms with Crippen LogP contribution in [0.4, 0.5) is 5.69 Å². The van der Waals surface area contributed by atoms with Crippen LogP contribution in [0, 0.1) is 0 Å². The molecular weight excluding hydrogens is 363 g/mol. The van der Waals surface area contributed by atoms with Crippen LogP contribution in [0.5, 0.6) is 0 Å². The molecule has 5 heteroatoms. The Morgan fingerprint density at radius 2 is 2.05 bits per heavy atom. The lowest BCUT2D eigenvalue weighted by molar-refractivity contribution is 0.656. The van der Waals surface area contributed by atoms with Crippen molar-refractivity contribution in [2.75, 3.05) is 18.0 Å². The average molecular weight is 388 g/mol. The third-order valence-electron chi connectivity index (χ3n) is 3.42. The number of nitrogens with two attached hydrogens (primary N) is 1. The highest BCUT2D eigenvalue weighted by Crippen LogP contribution is 2.29. The fourth-order valence-electron chi connectivity index (χ4n) is 2.49. The van der Waals surface area contributed by atoms with Crippen molar-refractivity contribution in [1.82, 2.24) is 5.32 Å². The Bertz CT molecular complexity index is 459. The molecule has 1 aromatic carbocycles. The zero-order valence-corrected chi connectivity index (χ0v) is 14.8. The van der Waals surface area contributed by atoms with Crippen LogP contribution in [-0.4, -0.2) is 31.1 Å². The van der Waals surface area contributed by atoms with Crippen LogP contribution in [0.15, 0.2) is 29.3 Å². The number of nitrogens with one attached hydrogen (secondary N) is 1. The Morgan fingerprint density at radius 1 is 1.35 bits per heavy atom. The summed E-state index contributed by atoms with van der Waals surface area (Å²) in [5.41, 5.74) is 8.62. The highest BCUT2D eigenvalue weighted by atomic mass is 127. The largest absolute Gasteiger partial charge is 0.370 e.